The van der Waals surface area contributed by atoms with Crippen molar-refractivity contribution in [3.8, 4) is 0 Å². The highest BCUT2D eigenvalue weighted by molar-refractivity contribution is 7.89. The normalized spacial score (nSPS) is 11.5. The molecule has 0 unspecified atom stereocenters. The minimum atomic E-state index is -3.74. The summed E-state index contributed by atoms with van der Waals surface area (Å²) < 4.78 is 27.0. The Morgan fingerprint density at radius 2 is 1.73 bits per heavy atom. The molecule has 140 valence electrons. The summed E-state index contributed by atoms with van der Waals surface area (Å²) in [6, 6.07) is 5.42. The molecule has 0 saturated carbocycles. The third kappa shape index (κ3) is 5.13. The van der Waals surface area contributed by atoms with E-state index in [0.717, 1.165) is 11.4 Å². The first kappa shape index (κ1) is 20.1. The zero-order valence-electron chi connectivity index (χ0n) is 14.8. The van der Waals surface area contributed by atoms with Crippen molar-refractivity contribution in [1.29, 1.82) is 0 Å². The van der Waals surface area contributed by atoms with Crippen molar-refractivity contribution in [3.63, 3.8) is 0 Å². The average molecular weight is 398 g/mol. The van der Waals surface area contributed by atoms with E-state index in [1.54, 1.807) is 33.8 Å². The number of aryl methyl sites for hydroxylation is 2. The van der Waals surface area contributed by atoms with Gasteiger partial charge in [-0.2, -0.15) is 0 Å². The Labute approximate surface area is 157 Å². The molecule has 0 radical (unpaired) electrons. The van der Waals surface area contributed by atoms with E-state index in [0.29, 0.717) is 0 Å². The maximum Gasteiger partial charge on any atom is 0.271 e. The van der Waals surface area contributed by atoms with Crippen LogP contribution in [0.2, 0.25) is 5.02 Å². The molecule has 26 heavy (non-hydrogen) atoms. The summed E-state index contributed by atoms with van der Waals surface area (Å²) in [6.45, 7) is 7.01. The van der Waals surface area contributed by atoms with Crippen LogP contribution >= 0.6 is 11.6 Å². The molecule has 0 saturated heterocycles. The number of rotatable bonds is 6. The lowest BCUT2D eigenvalue weighted by atomic mass is 10.2. The third-order valence-corrected chi connectivity index (χ3v) is 5.14. The molecule has 0 atom stereocenters. The summed E-state index contributed by atoms with van der Waals surface area (Å²) >= 11 is 6.04. The number of benzene rings is 1. The van der Waals surface area contributed by atoms with Crippen molar-refractivity contribution in [2.24, 2.45) is 0 Å². The minimum Gasteiger partial charge on any atom is -0.267 e. The predicted molar refractivity (Wildman–Crippen MR) is 99.5 cm³/mol. The summed E-state index contributed by atoms with van der Waals surface area (Å²) in [5, 5.41) is 0.120. The van der Waals surface area contributed by atoms with Crippen molar-refractivity contribution in [2.45, 2.75) is 38.6 Å². The topological polar surface area (TPSA) is 113 Å². The number of carbonyl (C=O) groups is 1. The second kappa shape index (κ2) is 7.98. The highest BCUT2D eigenvalue weighted by Crippen LogP contribution is 2.20. The standard InChI is InChI=1S/C16H20ClN5O3S/c1-9(2)22-26(24,25)12-5-6-14(17)13(8-12)15(23)20-21-16-18-10(3)7-11(4)19-16/h5-9,22H,1-4H3,(H,20,23)(H,18,19,21). The van der Waals surface area contributed by atoms with E-state index in [2.05, 4.69) is 25.5 Å². The zero-order valence-corrected chi connectivity index (χ0v) is 16.4. The summed E-state index contributed by atoms with van der Waals surface area (Å²) in [7, 11) is -3.74. The lowest BCUT2D eigenvalue weighted by Crippen LogP contribution is -2.32. The molecule has 0 spiro atoms. The summed E-state index contributed by atoms with van der Waals surface area (Å²) in [6.07, 6.45) is 0. The first-order valence-corrected chi connectivity index (χ1v) is 9.65. The summed E-state index contributed by atoms with van der Waals surface area (Å²) in [5.41, 5.74) is 6.49. The smallest absolute Gasteiger partial charge is 0.267 e. The van der Waals surface area contributed by atoms with Crippen LogP contribution in [0.4, 0.5) is 5.95 Å². The van der Waals surface area contributed by atoms with Gasteiger partial charge in [0.05, 0.1) is 15.5 Å². The van der Waals surface area contributed by atoms with Gasteiger partial charge >= 0.3 is 0 Å². The molecule has 1 aromatic carbocycles. The number of hydrogen-bond acceptors (Lipinski definition) is 6. The number of anilines is 1. The Morgan fingerprint density at radius 3 is 2.31 bits per heavy atom. The van der Waals surface area contributed by atoms with Crippen LogP contribution in [0.5, 0.6) is 0 Å². The fourth-order valence-corrected chi connectivity index (χ4v) is 3.67. The van der Waals surface area contributed by atoms with E-state index in [1.807, 2.05) is 0 Å². The number of nitrogens with zero attached hydrogens (tertiary/aromatic N) is 2. The van der Waals surface area contributed by atoms with Gasteiger partial charge in [0.2, 0.25) is 16.0 Å². The van der Waals surface area contributed by atoms with E-state index in [4.69, 9.17) is 11.6 Å². The second-order valence-electron chi connectivity index (χ2n) is 5.97. The fraction of sp³-hybridized carbons (Fsp3) is 0.312. The Kier molecular flexibility index (Phi) is 6.17. The van der Waals surface area contributed by atoms with Crippen molar-refractivity contribution in [1.82, 2.24) is 20.1 Å². The minimum absolute atomic E-state index is 0.00942. The quantitative estimate of drug-likeness (QED) is 0.644. The molecule has 3 N–H and O–H groups in total. The van der Waals surface area contributed by atoms with Crippen molar-refractivity contribution in [2.75, 3.05) is 5.43 Å². The van der Waals surface area contributed by atoms with E-state index in [-0.39, 0.29) is 27.5 Å². The molecule has 0 aliphatic heterocycles. The average Bonchev–Trinajstić information content (AvgIpc) is 2.50. The molecule has 1 amide bonds. The molecule has 8 nitrogen and oxygen atoms in total. The Balaban J connectivity index is 2.22. The number of aromatic nitrogens is 2. The monoisotopic (exact) mass is 397 g/mol. The van der Waals surface area contributed by atoms with Crippen LogP contribution in [0.3, 0.4) is 0 Å². The van der Waals surface area contributed by atoms with Crippen LogP contribution in [0.25, 0.3) is 0 Å². The number of nitrogens with one attached hydrogen (secondary N) is 3. The fourth-order valence-electron chi connectivity index (χ4n) is 2.19. The number of hydrogen-bond donors (Lipinski definition) is 3. The Hall–Kier alpha value is -2.23. The SMILES string of the molecule is Cc1cc(C)nc(NNC(=O)c2cc(S(=O)(=O)NC(C)C)ccc2Cl)n1. The summed E-state index contributed by atoms with van der Waals surface area (Å²) in [4.78, 5) is 20.6. The number of carbonyl (C=O) groups excluding carboxylic acids is 1. The first-order chi connectivity index (χ1) is 12.1. The van der Waals surface area contributed by atoms with Crippen molar-refractivity contribution >= 4 is 33.5 Å². The van der Waals surface area contributed by atoms with Gasteiger partial charge < -0.3 is 0 Å². The molecule has 0 bridgehead atoms. The second-order valence-corrected chi connectivity index (χ2v) is 8.09. The van der Waals surface area contributed by atoms with Crippen molar-refractivity contribution in [3.05, 3.63) is 46.2 Å². The van der Waals surface area contributed by atoms with Gasteiger partial charge in [-0.3, -0.25) is 15.6 Å². The summed E-state index contributed by atoms with van der Waals surface area (Å²) in [5.74, 6) is -0.392. The van der Waals surface area contributed by atoms with Gasteiger partial charge in [-0.15, -0.1) is 0 Å². The maximum absolute atomic E-state index is 12.4. The molecule has 2 rings (SSSR count). The van der Waals surface area contributed by atoms with Gasteiger partial charge in [-0.1, -0.05) is 11.6 Å². The van der Waals surface area contributed by atoms with Crippen LogP contribution in [-0.4, -0.2) is 30.3 Å². The molecular weight excluding hydrogens is 378 g/mol. The number of halogens is 1. The molecule has 0 aliphatic carbocycles. The largest absolute Gasteiger partial charge is 0.271 e. The van der Waals surface area contributed by atoms with E-state index >= 15 is 0 Å². The number of sulfonamides is 1. The highest BCUT2D eigenvalue weighted by Gasteiger charge is 2.19. The van der Waals surface area contributed by atoms with Crippen LogP contribution in [-0.2, 0) is 10.0 Å². The molecule has 0 aliphatic rings. The molecular formula is C16H20ClN5O3S. The maximum atomic E-state index is 12.4. The van der Waals surface area contributed by atoms with E-state index in [9.17, 15) is 13.2 Å². The predicted octanol–water partition coefficient (Wildman–Crippen LogP) is 2.19. The molecule has 1 heterocycles. The van der Waals surface area contributed by atoms with Crippen LogP contribution in [0.15, 0.2) is 29.2 Å². The molecule has 0 fully saturated rings. The number of amides is 1. The van der Waals surface area contributed by atoms with Crippen LogP contribution < -0.4 is 15.6 Å². The van der Waals surface area contributed by atoms with Gasteiger partial charge in [-0.05, 0) is 52.0 Å². The highest BCUT2D eigenvalue weighted by atomic mass is 35.5. The lowest BCUT2D eigenvalue weighted by molar-refractivity contribution is 0.0962. The first-order valence-electron chi connectivity index (χ1n) is 7.79. The van der Waals surface area contributed by atoms with Gasteiger partial charge in [0.15, 0.2) is 0 Å². The third-order valence-electron chi connectivity index (χ3n) is 3.15. The lowest BCUT2D eigenvalue weighted by Gasteiger charge is -2.12. The Morgan fingerprint density at radius 1 is 1.12 bits per heavy atom. The molecule has 10 heteroatoms. The van der Waals surface area contributed by atoms with E-state index < -0.39 is 15.9 Å². The number of hydrazine groups is 1. The Bertz CT molecular complexity index is 911. The van der Waals surface area contributed by atoms with Gasteiger partial charge in [0, 0.05) is 17.4 Å². The zero-order chi connectivity index (χ0) is 19.5. The van der Waals surface area contributed by atoms with Gasteiger partial charge in [0.25, 0.3) is 5.91 Å². The van der Waals surface area contributed by atoms with Crippen LogP contribution in [0.1, 0.15) is 35.6 Å². The van der Waals surface area contributed by atoms with E-state index in [1.165, 1.54) is 18.2 Å². The van der Waals surface area contributed by atoms with Gasteiger partial charge in [-0.25, -0.2) is 23.1 Å². The molecule has 2 aromatic rings. The van der Waals surface area contributed by atoms with Crippen molar-refractivity contribution < 1.29 is 13.2 Å². The van der Waals surface area contributed by atoms with Gasteiger partial charge in [0.1, 0.15) is 0 Å². The van der Waals surface area contributed by atoms with Crippen LogP contribution in [0, 0.1) is 13.8 Å². The molecule has 1 aromatic heterocycles.